The van der Waals surface area contributed by atoms with Crippen molar-refractivity contribution in [3.63, 3.8) is 0 Å². The Bertz CT molecular complexity index is 694. The van der Waals surface area contributed by atoms with E-state index in [2.05, 4.69) is 9.88 Å². The average molecular weight is 385 g/mol. The van der Waals surface area contributed by atoms with Gasteiger partial charge >= 0.3 is 0 Å². The first-order chi connectivity index (χ1) is 12.1. The maximum Gasteiger partial charge on any atom is 0.131 e. The Labute approximate surface area is 156 Å². The Morgan fingerprint density at radius 2 is 1.88 bits per heavy atom. The number of morpholine rings is 1. The van der Waals surface area contributed by atoms with Gasteiger partial charge in [-0.05, 0) is 35.4 Å². The Balaban J connectivity index is 1.88. The van der Waals surface area contributed by atoms with Crippen LogP contribution in [0.1, 0.15) is 17.2 Å². The molecule has 7 heteroatoms. The predicted molar refractivity (Wildman–Crippen MR) is 96.1 cm³/mol. The molecule has 1 aliphatic rings. The lowest BCUT2D eigenvalue weighted by Gasteiger charge is -2.41. The van der Waals surface area contributed by atoms with Crippen molar-refractivity contribution in [3.8, 4) is 5.75 Å². The van der Waals surface area contributed by atoms with Crippen molar-refractivity contribution in [2.24, 2.45) is 0 Å². The van der Waals surface area contributed by atoms with E-state index in [9.17, 15) is 4.39 Å². The molecule has 0 unspecified atom stereocenters. The van der Waals surface area contributed by atoms with Gasteiger partial charge in [0, 0.05) is 6.54 Å². The first kappa shape index (κ1) is 18.4. The Hall–Kier alpha value is -1.40. The van der Waals surface area contributed by atoms with Crippen LogP contribution >= 0.6 is 23.2 Å². The molecule has 1 aromatic heterocycles. The number of hydrogen-bond acceptors (Lipinski definition) is 4. The normalized spacial score (nSPS) is 21.3. The maximum absolute atomic E-state index is 13.6. The van der Waals surface area contributed by atoms with Crippen LogP contribution in [0.25, 0.3) is 0 Å². The molecule has 0 radical (unpaired) electrons. The Morgan fingerprint density at radius 1 is 1.20 bits per heavy atom. The summed E-state index contributed by atoms with van der Waals surface area (Å²) in [7, 11) is 1.63. The van der Waals surface area contributed by atoms with Crippen molar-refractivity contribution in [2.45, 2.75) is 18.6 Å². The van der Waals surface area contributed by atoms with Gasteiger partial charge in [-0.3, -0.25) is 4.90 Å². The van der Waals surface area contributed by atoms with Crippen LogP contribution in [0, 0.1) is 0 Å². The van der Waals surface area contributed by atoms with E-state index in [1.807, 2.05) is 24.3 Å². The standard InChI is InChI=1S/C18H19Cl2FN2O2/c1-24-15-4-2-12(3-5-15)9-23-14(8-21)10-25-11-16(23)13-6-17(19)22-18(20)7-13/h2-7,14,16H,8-11H2,1H3/t14-,16+/m1/s1. The highest BCUT2D eigenvalue weighted by molar-refractivity contribution is 6.32. The second kappa shape index (κ2) is 8.32. The first-order valence-electron chi connectivity index (χ1n) is 7.96. The van der Waals surface area contributed by atoms with Gasteiger partial charge in [-0.15, -0.1) is 0 Å². The van der Waals surface area contributed by atoms with Gasteiger partial charge in [0.05, 0.1) is 32.4 Å². The highest BCUT2D eigenvalue weighted by Crippen LogP contribution is 2.32. The maximum atomic E-state index is 13.6. The summed E-state index contributed by atoms with van der Waals surface area (Å²) in [5.74, 6) is 0.789. The van der Waals surface area contributed by atoms with Gasteiger partial charge in [-0.1, -0.05) is 35.3 Å². The molecular formula is C18H19Cl2FN2O2. The molecule has 0 N–H and O–H groups in total. The summed E-state index contributed by atoms with van der Waals surface area (Å²) in [6.45, 7) is 0.905. The fraction of sp³-hybridized carbons (Fsp3) is 0.389. The molecule has 0 saturated carbocycles. The van der Waals surface area contributed by atoms with E-state index < -0.39 is 6.67 Å². The van der Waals surface area contributed by atoms with Crippen LogP contribution in [0.3, 0.4) is 0 Å². The average Bonchev–Trinajstić information content (AvgIpc) is 2.61. The van der Waals surface area contributed by atoms with E-state index in [-0.39, 0.29) is 12.1 Å². The van der Waals surface area contributed by atoms with Crippen LogP contribution < -0.4 is 4.74 Å². The predicted octanol–water partition coefficient (Wildman–Crippen LogP) is 4.31. The van der Waals surface area contributed by atoms with Gasteiger partial charge in [0.25, 0.3) is 0 Å². The van der Waals surface area contributed by atoms with Gasteiger partial charge in [-0.25, -0.2) is 9.37 Å². The van der Waals surface area contributed by atoms with Crippen molar-refractivity contribution in [1.82, 2.24) is 9.88 Å². The molecular weight excluding hydrogens is 366 g/mol. The van der Waals surface area contributed by atoms with Crippen molar-refractivity contribution in [2.75, 3.05) is 27.0 Å². The minimum absolute atomic E-state index is 0.144. The van der Waals surface area contributed by atoms with Gasteiger partial charge < -0.3 is 9.47 Å². The number of halogens is 3. The molecule has 0 spiro atoms. The SMILES string of the molecule is COc1ccc(CN2[C@H](CF)COC[C@H]2c2cc(Cl)nc(Cl)c2)cc1. The lowest BCUT2D eigenvalue weighted by Crippen LogP contribution is -2.48. The molecule has 1 fully saturated rings. The molecule has 134 valence electrons. The number of pyridine rings is 1. The zero-order valence-electron chi connectivity index (χ0n) is 13.8. The van der Waals surface area contributed by atoms with Crippen LogP contribution in [-0.2, 0) is 11.3 Å². The number of nitrogens with zero attached hydrogens (tertiary/aromatic N) is 2. The molecule has 2 aromatic rings. The largest absolute Gasteiger partial charge is 0.497 e. The third-order valence-corrected chi connectivity index (χ3v) is 4.71. The summed E-state index contributed by atoms with van der Waals surface area (Å²) in [6, 6.07) is 10.8. The number of alkyl halides is 1. The third kappa shape index (κ3) is 4.42. The van der Waals surface area contributed by atoms with Crippen molar-refractivity contribution < 1.29 is 13.9 Å². The summed E-state index contributed by atoms with van der Waals surface area (Å²) in [6.07, 6.45) is 0. The number of aromatic nitrogens is 1. The summed E-state index contributed by atoms with van der Waals surface area (Å²) >= 11 is 12.1. The molecule has 0 bridgehead atoms. The number of ether oxygens (including phenoxy) is 2. The van der Waals surface area contributed by atoms with Gasteiger partial charge in [0.15, 0.2) is 0 Å². The smallest absolute Gasteiger partial charge is 0.131 e. The molecule has 4 nitrogen and oxygen atoms in total. The first-order valence-corrected chi connectivity index (χ1v) is 8.71. The van der Waals surface area contributed by atoms with E-state index in [1.54, 1.807) is 19.2 Å². The highest BCUT2D eigenvalue weighted by Gasteiger charge is 2.32. The van der Waals surface area contributed by atoms with Crippen LogP contribution in [0.4, 0.5) is 4.39 Å². The number of hydrogen-bond donors (Lipinski definition) is 0. The van der Waals surface area contributed by atoms with Crippen molar-refractivity contribution in [3.05, 3.63) is 57.8 Å². The lowest BCUT2D eigenvalue weighted by molar-refractivity contribution is -0.0620. The van der Waals surface area contributed by atoms with Crippen molar-refractivity contribution >= 4 is 23.2 Å². The third-order valence-electron chi connectivity index (χ3n) is 4.33. The topological polar surface area (TPSA) is 34.6 Å². The molecule has 0 amide bonds. The fourth-order valence-electron chi connectivity index (χ4n) is 3.04. The van der Waals surface area contributed by atoms with Crippen molar-refractivity contribution in [1.29, 1.82) is 0 Å². The minimum atomic E-state index is -0.487. The molecule has 1 aromatic carbocycles. The quantitative estimate of drug-likeness (QED) is 0.719. The number of rotatable bonds is 5. The van der Waals surface area contributed by atoms with E-state index in [4.69, 9.17) is 32.7 Å². The van der Waals surface area contributed by atoms with Gasteiger partial charge in [0.2, 0.25) is 0 Å². The Kier molecular flexibility index (Phi) is 6.12. The van der Waals surface area contributed by atoms with E-state index >= 15 is 0 Å². The lowest BCUT2D eigenvalue weighted by atomic mass is 10.0. The highest BCUT2D eigenvalue weighted by atomic mass is 35.5. The summed E-state index contributed by atoms with van der Waals surface area (Å²) in [5.41, 5.74) is 1.94. The van der Waals surface area contributed by atoms with E-state index in [1.165, 1.54) is 0 Å². The number of benzene rings is 1. The fourth-order valence-corrected chi connectivity index (χ4v) is 3.52. The second-order valence-electron chi connectivity index (χ2n) is 5.93. The molecule has 0 aliphatic carbocycles. The zero-order chi connectivity index (χ0) is 17.8. The van der Waals surface area contributed by atoms with Gasteiger partial charge in [0.1, 0.15) is 22.7 Å². The molecule has 2 heterocycles. The minimum Gasteiger partial charge on any atom is -0.497 e. The second-order valence-corrected chi connectivity index (χ2v) is 6.70. The zero-order valence-corrected chi connectivity index (χ0v) is 15.3. The van der Waals surface area contributed by atoms with Crippen LogP contribution in [0.15, 0.2) is 36.4 Å². The summed E-state index contributed by atoms with van der Waals surface area (Å²) in [5, 5.41) is 0.628. The number of methoxy groups -OCH3 is 1. The molecule has 1 saturated heterocycles. The molecule has 3 rings (SSSR count). The summed E-state index contributed by atoms with van der Waals surface area (Å²) in [4.78, 5) is 6.07. The van der Waals surface area contributed by atoms with Crippen LogP contribution in [0.2, 0.25) is 10.3 Å². The van der Waals surface area contributed by atoms with E-state index in [0.29, 0.717) is 30.1 Å². The van der Waals surface area contributed by atoms with Crippen LogP contribution in [0.5, 0.6) is 5.75 Å². The molecule has 1 aliphatic heterocycles. The Morgan fingerprint density at radius 3 is 2.48 bits per heavy atom. The van der Waals surface area contributed by atoms with E-state index in [0.717, 1.165) is 16.9 Å². The molecule has 25 heavy (non-hydrogen) atoms. The summed E-state index contributed by atoms with van der Waals surface area (Å²) < 4.78 is 24.4. The monoisotopic (exact) mass is 384 g/mol. The molecule has 2 atom stereocenters. The van der Waals surface area contributed by atoms with Crippen LogP contribution in [-0.4, -0.2) is 42.9 Å². The van der Waals surface area contributed by atoms with Gasteiger partial charge in [-0.2, -0.15) is 0 Å².